The number of aldehydes is 1. The Hall–Kier alpha value is -2.64. The average Bonchev–Trinajstić information content (AvgIpc) is 2.96. The minimum atomic E-state index is -4.11. The van der Waals surface area contributed by atoms with Crippen LogP contribution in [0.5, 0.6) is 0 Å². The van der Waals surface area contributed by atoms with Crippen LogP contribution in [0.3, 0.4) is 0 Å². The quantitative estimate of drug-likeness (QED) is 0.491. The first-order chi connectivity index (χ1) is 12.4. The molecule has 0 radical (unpaired) electrons. The van der Waals surface area contributed by atoms with Crippen LogP contribution in [0.1, 0.15) is 27.8 Å². The molecule has 2 aromatic carbocycles. The Morgan fingerprint density at radius 2 is 1.88 bits per heavy atom. The van der Waals surface area contributed by atoms with Crippen molar-refractivity contribution in [2.45, 2.75) is 11.8 Å². The fourth-order valence-electron chi connectivity index (χ4n) is 2.74. The molecule has 0 N–H and O–H groups in total. The number of hydrogen-bond donors (Lipinski definition) is 0. The lowest BCUT2D eigenvalue weighted by atomic mass is 10.1. The number of hydrogen-bond acceptors (Lipinski definition) is 5. The van der Waals surface area contributed by atoms with Crippen molar-refractivity contribution in [1.29, 1.82) is 0 Å². The van der Waals surface area contributed by atoms with E-state index in [1.807, 2.05) is 0 Å². The molecule has 0 atom stereocenters. The second-order valence-electron chi connectivity index (χ2n) is 5.34. The highest BCUT2D eigenvalue weighted by Crippen LogP contribution is 2.32. The number of rotatable bonds is 5. The third kappa shape index (κ3) is 2.89. The number of aromatic nitrogens is 1. The van der Waals surface area contributed by atoms with Gasteiger partial charge in [0.15, 0.2) is 6.29 Å². The number of benzene rings is 2. The van der Waals surface area contributed by atoms with Gasteiger partial charge in [-0.15, -0.1) is 0 Å². The molecule has 0 spiro atoms. The second-order valence-corrected chi connectivity index (χ2v) is 7.57. The molecule has 134 valence electrons. The Morgan fingerprint density at radius 1 is 1.19 bits per heavy atom. The highest BCUT2D eigenvalue weighted by atomic mass is 35.5. The molecule has 0 aliphatic carbocycles. The first kappa shape index (κ1) is 18.2. The minimum absolute atomic E-state index is 0.00893. The number of ether oxygens (including phenoxy) is 1. The first-order valence-corrected chi connectivity index (χ1v) is 9.50. The molecule has 26 heavy (non-hydrogen) atoms. The van der Waals surface area contributed by atoms with Crippen LogP contribution < -0.4 is 0 Å². The van der Waals surface area contributed by atoms with Crippen LogP contribution in [-0.2, 0) is 14.8 Å². The van der Waals surface area contributed by atoms with Crippen LogP contribution in [-0.4, -0.2) is 31.3 Å². The van der Waals surface area contributed by atoms with Gasteiger partial charge in [0.05, 0.1) is 22.6 Å². The van der Waals surface area contributed by atoms with Crippen molar-refractivity contribution in [2.75, 3.05) is 6.61 Å². The molecule has 3 aromatic rings. The monoisotopic (exact) mass is 391 g/mol. The Bertz CT molecular complexity index is 1100. The van der Waals surface area contributed by atoms with E-state index in [-0.39, 0.29) is 33.7 Å². The summed E-state index contributed by atoms with van der Waals surface area (Å²) < 4.78 is 32.1. The lowest BCUT2D eigenvalue weighted by molar-refractivity contribution is 0.0526. The van der Waals surface area contributed by atoms with Gasteiger partial charge in [-0.1, -0.05) is 29.8 Å². The van der Waals surface area contributed by atoms with E-state index in [2.05, 4.69) is 0 Å². The zero-order chi connectivity index (χ0) is 18.9. The molecule has 1 aromatic heterocycles. The predicted molar refractivity (Wildman–Crippen MR) is 97.3 cm³/mol. The molecule has 3 rings (SSSR count). The van der Waals surface area contributed by atoms with Crippen molar-refractivity contribution < 1.29 is 22.7 Å². The van der Waals surface area contributed by atoms with Crippen molar-refractivity contribution in [3.8, 4) is 0 Å². The minimum Gasteiger partial charge on any atom is -0.462 e. The van der Waals surface area contributed by atoms with Crippen molar-refractivity contribution >= 4 is 44.8 Å². The van der Waals surface area contributed by atoms with Crippen LogP contribution in [0, 0.1) is 0 Å². The number of esters is 1. The third-order valence-corrected chi connectivity index (χ3v) is 5.77. The van der Waals surface area contributed by atoms with E-state index in [9.17, 15) is 18.0 Å². The van der Waals surface area contributed by atoms with Crippen molar-refractivity contribution in [2.24, 2.45) is 0 Å². The molecule has 0 amide bonds. The molecular formula is C18H14ClNO5S. The summed E-state index contributed by atoms with van der Waals surface area (Å²) in [5.41, 5.74) is -0.258. The Morgan fingerprint density at radius 3 is 2.50 bits per heavy atom. The normalized spacial score (nSPS) is 11.5. The molecule has 8 heteroatoms. The van der Waals surface area contributed by atoms with E-state index in [1.54, 1.807) is 25.1 Å². The Labute approximate surface area is 155 Å². The van der Waals surface area contributed by atoms with E-state index in [1.165, 1.54) is 30.3 Å². The number of carbonyl (C=O) groups is 2. The maximum atomic E-state index is 13.1. The molecule has 0 unspecified atom stereocenters. The summed E-state index contributed by atoms with van der Waals surface area (Å²) in [5, 5.41) is 0.535. The molecule has 0 aliphatic heterocycles. The van der Waals surface area contributed by atoms with Crippen molar-refractivity contribution in [3.05, 3.63) is 64.8 Å². The van der Waals surface area contributed by atoms with E-state index in [0.29, 0.717) is 11.3 Å². The average molecular weight is 392 g/mol. The number of halogens is 1. The van der Waals surface area contributed by atoms with Gasteiger partial charge < -0.3 is 4.74 Å². The van der Waals surface area contributed by atoms with E-state index in [4.69, 9.17) is 16.3 Å². The summed E-state index contributed by atoms with van der Waals surface area (Å²) in [7, 11) is -4.11. The maximum Gasteiger partial charge on any atom is 0.341 e. The third-order valence-electron chi connectivity index (χ3n) is 3.79. The topological polar surface area (TPSA) is 82.4 Å². The summed E-state index contributed by atoms with van der Waals surface area (Å²) >= 11 is 6.01. The van der Waals surface area contributed by atoms with Gasteiger partial charge >= 0.3 is 5.97 Å². The lowest BCUT2D eigenvalue weighted by Crippen LogP contribution is -2.17. The lowest BCUT2D eigenvalue weighted by Gasteiger charge is -2.09. The summed E-state index contributed by atoms with van der Waals surface area (Å²) in [6.45, 7) is 1.70. The van der Waals surface area contributed by atoms with Gasteiger partial charge in [-0.25, -0.2) is 17.2 Å². The first-order valence-electron chi connectivity index (χ1n) is 7.68. The smallest absolute Gasteiger partial charge is 0.341 e. The Balaban J connectivity index is 2.43. The SMILES string of the molecule is CCOC(=O)c1c(C=O)n(S(=O)(=O)c2ccccc2)c2ccc(Cl)cc12. The van der Waals surface area contributed by atoms with Gasteiger partial charge in [-0.2, -0.15) is 0 Å². The summed E-state index contributed by atoms with van der Waals surface area (Å²) in [6, 6.07) is 12.0. The molecule has 0 aliphatic rings. The molecule has 6 nitrogen and oxygen atoms in total. The van der Waals surface area contributed by atoms with E-state index in [0.717, 1.165) is 3.97 Å². The van der Waals surface area contributed by atoms with Gasteiger partial charge in [0.1, 0.15) is 5.69 Å². The zero-order valence-corrected chi connectivity index (χ0v) is 15.3. The zero-order valence-electron chi connectivity index (χ0n) is 13.7. The maximum absolute atomic E-state index is 13.1. The van der Waals surface area contributed by atoms with Crippen molar-refractivity contribution in [3.63, 3.8) is 0 Å². The number of carbonyl (C=O) groups excluding carboxylic acids is 2. The summed E-state index contributed by atoms with van der Waals surface area (Å²) in [5.74, 6) is -0.788. The van der Waals surface area contributed by atoms with Crippen LogP contribution >= 0.6 is 11.6 Å². The van der Waals surface area contributed by atoms with Gasteiger partial charge in [-0.3, -0.25) is 4.79 Å². The van der Waals surface area contributed by atoms with E-state index < -0.39 is 16.0 Å². The molecule has 0 fully saturated rings. The van der Waals surface area contributed by atoms with Gasteiger partial charge in [0, 0.05) is 10.4 Å². The van der Waals surface area contributed by atoms with Crippen LogP contribution in [0.25, 0.3) is 10.9 Å². The van der Waals surface area contributed by atoms with Gasteiger partial charge in [0.25, 0.3) is 10.0 Å². The van der Waals surface area contributed by atoms with Crippen LogP contribution in [0.15, 0.2) is 53.4 Å². The van der Waals surface area contributed by atoms with Gasteiger partial charge in [-0.05, 0) is 37.3 Å². The highest BCUT2D eigenvalue weighted by Gasteiger charge is 2.30. The largest absolute Gasteiger partial charge is 0.462 e. The number of fused-ring (bicyclic) bond motifs is 1. The molecule has 0 bridgehead atoms. The van der Waals surface area contributed by atoms with E-state index >= 15 is 0 Å². The van der Waals surface area contributed by atoms with Gasteiger partial charge in [0.2, 0.25) is 0 Å². The van der Waals surface area contributed by atoms with Crippen LogP contribution in [0.4, 0.5) is 0 Å². The van der Waals surface area contributed by atoms with Crippen molar-refractivity contribution in [1.82, 2.24) is 3.97 Å². The Kier molecular flexibility index (Phi) is 4.84. The predicted octanol–water partition coefficient (Wildman–Crippen LogP) is 3.52. The molecule has 1 heterocycles. The molecule has 0 saturated carbocycles. The summed E-state index contributed by atoms with van der Waals surface area (Å²) in [4.78, 5) is 24.1. The fraction of sp³-hybridized carbons (Fsp3) is 0.111. The molecule has 0 saturated heterocycles. The highest BCUT2D eigenvalue weighted by molar-refractivity contribution is 7.90. The second kappa shape index (κ2) is 6.93. The number of nitrogens with zero attached hydrogens (tertiary/aromatic N) is 1. The standard InChI is InChI=1S/C18H14ClNO5S/c1-2-25-18(22)17-14-10-12(19)8-9-15(14)20(16(17)11-21)26(23,24)13-6-4-3-5-7-13/h3-11H,2H2,1H3. The molecular weight excluding hydrogens is 378 g/mol. The fourth-order valence-corrected chi connectivity index (χ4v) is 4.43. The summed E-state index contributed by atoms with van der Waals surface area (Å²) in [6.07, 6.45) is 0.334. The van der Waals surface area contributed by atoms with Crippen LogP contribution in [0.2, 0.25) is 5.02 Å².